The van der Waals surface area contributed by atoms with Crippen molar-refractivity contribution >= 4 is 22.7 Å². The first-order chi connectivity index (χ1) is 13.5. The molecule has 5 heteroatoms. The summed E-state index contributed by atoms with van der Waals surface area (Å²) in [7, 11) is 0. The Morgan fingerprint density at radius 2 is 1.32 bits per heavy atom. The normalized spacial score (nSPS) is 10.5. The first-order valence-corrected chi connectivity index (χ1v) is 10.8. The highest BCUT2D eigenvalue weighted by Gasteiger charge is 2.07. The lowest BCUT2D eigenvalue weighted by molar-refractivity contribution is 0.628. The van der Waals surface area contributed by atoms with Crippen molar-refractivity contribution in [1.82, 2.24) is 9.97 Å². The number of aryl methyl sites for hydroxylation is 4. The molecule has 0 aliphatic heterocycles. The molecule has 0 atom stereocenters. The van der Waals surface area contributed by atoms with Crippen LogP contribution in [0, 0.1) is 26.6 Å². The average Bonchev–Trinajstić information content (AvgIpc) is 3.25. The monoisotopic (exact) mass is 410 g/mol. The first-order valence-electron chi connectivity index (χ1n) is 9.19. The van der Waals surface area contributed by atoms with Crippen molar-refractivity contribution in [2.75, 3.05) is 0 Å². The summed E-state index contributed by atoms with van der Waals surface area (Å²) in [5.74, 6) is -0.206. The predicted molar refractivity (Wildman–Crippen MR) is 119 cm³/mol. The molecule has 2 aromatic carbocycles. The number of halogens is 1. The molecular formula is C23H23FN2S2. The van der Waals surface area contributed by atoms with Crippen LogP contribution in [-0.2, 0) is 6.42 Å². The number of nitrogens with zero attached hydrogens (tertiary/aromatic N) is 2. The number of thiazole rings is 2. The van der Waals surface area contributed by atoms with Crippen molar-refractivity contribution in [3.8, 4) is 21.1 Å². The van der Waals surface area contributed by atoms with Gasteiger partial charge in [-0.2, -0.15) is 0 Å². The summed E-state index contributed by atoms with van der Waals surface area (Å²) in [6, 6.07) is 16.8. The quantitative estimate of drug-likeness (QED) is 0.355. The summed E-state index contributed by atoms with van der Waals surface area (Å²) >= 11 is 3.44. The lowest BCUT2D eigenvalue weighted by atomic mass is 10.2. The first kappa shape index (κ1) is 20.4. The minimum absolute atomic E-state index is 0.206. The number of benzene rings is 2. The zero-order valence-electron chi connectivity index (χ0n) is 16.5. The lowest BCUT2D eigenvalue weighted by Crippen LogP contribution is -1.79. The molecule has 0 fully saturated rings. The van der Waals surface area contributed by atoms with Crippen molar-refractivity contribution in [2.45, 2.75) is 34.1 Å². The molecule has 0 saturated carbocycles. The fraction of sp³-hybridized carbons (Fsp3) is 0.217. The van der Waals surface area contributed by atoms with Crippen LogP contribution < -0.4 is 0 Å². The van der Waals surface area contributed by atoms with E-state index >= 15 is 0 Å². The Hall–Kier alpha value is -2.37. The molecule has 4 rings (SSSR count). The molecule has 0 saturated heterocycles. The van der Waals surface area contributed by atoms with Gasteiger partial charge in [0.2, 0.25) is 0 Å². The van der Waals surface area contributed by atoms with Gasteiger partial charge in [0.05, 0.1) is 11.4 Å². The highest BCUT2D eigenvalue weighted by molar-refractivity contribution is 7.15. The largest absolute Gasteiger partial charge is 0.241 e. The number of hydrogen-bond acceptors (Lipinski definition) is 4. The number of hydrogen-bond donors (Lipinski definition) is 0. The van der Waals surface area contributed by atoms with E-state index in [1.54, 1.807) is 34.8 Å². The third-order valence-corrected chi connectivity index (χ3v) is 6.83. The van der Waals surface area contributed by atoms with Gasteiger partial charge in [-0.3, -0.25) is 0 Å². The van der Waals surface area contributed by atoms with Crippen molar-refractivity contribution in [3.05, 3.63) is 81.6 Å². The third kappa shape index (κ3) is 4.91. The summed E-state index contributed by atoms with van der Waals surface area (Å²) in [6.45, 7) is 8.30. The summed E-state index contributed by atoms with van der Waals surface area (Å²) in [5.41, 5.74) is 4.43. The van der Waals surface area contributed by atoms with Crippen molar-refractivity contribution in [2.24, 2.45) is 0 Å². The van der Waals surface area contributed by atoms with Crippen LogP contribution in [0.3, 0.4) is 0 Å². The molecule has 0 unspecified atom stereocenters. The highest BCUT2D eigenvalue weighted by atomic mass is 32.1. The SMILES string of the molecule is CCc1sc(-c2ccc(F)cc2)nc1C.Cc1nc(-c2ccccc2)sc1C. The molecule has 0 N–H and O–H groups in total. The second-order valence-electron chi connectivity index (χ2n) is 6.41. The van der Waals surface area contributed by atoms with Crippen LogP contribution in [0.15, 0.2) is 54.6 Å². The lowest BCUT2D eigenvalue weighted by Gasteiger charge is -1.94. The van der Waals surface area contributed by atoms with E-state index in [1.807, 2.05) is 25.1 Å². The second-order valence-corrected chi connectivity index (χ2v) is 8.70. The van der Waals surface area contributed by atoms with Gasteiger partial charge in [-0.05, 0) is 51.5 Å². The van der Waals surface area contributed by atoms with Crippen molar-refractivity contribution in [3.63, 3.8) is 0 Å². The topological polar surface area (TPSA) is 25.8 Å². The Balaban J connectivity index is 0.000000162. The Bertz CT molecular complexity index is 1010. The molecular weight excluding hydrogens is 387 g/mol. The molecule has 0 amide bonds. The van der Waals surface area contributed by atoms with Gasteiger partial charge in [0.15, 0.2) is 0 Å². The van der Waals surface area contributed by atoms with Gasteiger partial charge in [-0.15, -0.1) is 22.7 Å². The molecule has 0 bridgehead atoms. The van der Waals surface area contributed by atoms with Gasteiger partial charge < -0.3 is 0 Å². The van der Waals surface area contributed by atoms with E-state index in [2.05, 4.69) is 42.9 Å². The minimum atomic E-state index is -0.206. The predicted octanol–water partition coefficient (Wildman–Crippen LogP) is 7.25. The van der Waals surface area contributed by atoms with Gasteiger partial charge in [0.25, 0.3) is 0 Å². The zero-order valence-corrected chi connectivity index (χ0v) is 18.1. The van der Waals surface area contributed by atoms with Gasteiger partial charge in [0.1, 0.15) is 15.8 Å². The second kappa shape index (κ2) is 9.22. The van der Waals surface area contributed by atoms with E-state index < -0.39 is 0 Å². The molecule has 144 valence electrons. The Kier molecular flexibility index (Phi) is 6.70. The van der Waals surface area contributed by atoms with E-state index in [9.17, 15) is 4.39 Å². The summed E-state index contributed by atoms with van der Waals surface area (Å²) in [6.07, 6.45) is 1.00. The van der Waals surface area contributed by atoms with Gasteiger partial charge in [0, 0.05) is 20.9 Å². The third-order valence-electron chi connectivity index (χ3n) is 4.35. The minimum Gasteiger partial charge on any atom is -0.241 e. The fourth-order valence-corrected chi connectivity index (χ4v) is 4.58. The zero-order chi connectivity index (χ0) is 20.1. The number of aromatic nitrogens is 2. The number of rotatable bonds is 3. The molecule has 0 aliphatic carbocycles. The van der Waals surface area contributed by atoms with Crippen LogP contribution in [0.1, 0.15) is 28.1 Å². The molecule has 4 aromatic rings. The highest BCUT2D eigenvalue weighted by Crippen LogP contribution is 2.28. The molecule has 28 heavy (non-hydrogen) atoms. The maximum absolute atomic E-state index is 12.7. The van der Waals surface area contributed by atoms with E-state index in [-0.39, 0.29) is 5.82 Å². The van der Waals surface area contributed by atoms with Crippen LogP contribution in [0.25, 0.3) is 21.1 Å². The standard InChI is InChI=1S/C12H12FNS.C11H11NS/c1-3-11-8(2)14-12(15-11)9-4-6-10(13)7-5-9;1-8-9(2)13-11(12-8)10-6-4-3-5-7-10/h4-7H,3H2,1-2H3;3-7H,1-2H3. The fourth-order valence-electron chi connectivity index (χ4n) is 2.65. The molecule has 0 spiro atoms. The van der Waals surface area contributed by atoms with Gasteiger partial charge >= 0.3 is 0 Å². The molecule has 2 nitrogen and oxygen atoms in total. The Morgan fingerprint density at radius 1 is 0.750 bits per heavy atom. The molecule has 0 aliphatic rings. The van der Waals surface area contributed by atoms with Crippen molar-refractivity contribution < 1.29 is 4.39 Å². The van der Waals surface area contributed by atoms with Crippen LogP contribution in [-0.4, -0.2) is 9.97 Å². The van der Waals surface area contributed by atoms with Crippen molar-refractivity contribution in [1.29, 1.82) is 0 Å². The average molecular weight is 411 g/mol. The maximum atomic E-state index is 12.7. The summed E-state index contributed by atoms with van der Waals surface area (Å²) in [4.78, 5) is 11.6. The van der Waals surface area contributed by atoms with E-state index in [1.165, 1.54) is 27.5 Å². The van der Waals surface area contributed by atoms with Crippen LogP contribution in [0.4, 0.5) is 4.39 Å². The van der Waals surface area contributed by atoms with Gasteiger partial charge in [-0.25, -0.2) is 14.4 Å². The van der Waals surface area contributed by atoms with E-state index in [0.717, 1.165) is 33.4 Å². The van der Waals surface area contributed by atoms with E-state index in [0.29, 0.717) is 0 Å². The summed E-state index contributed by atoms with van der Waals surface area (Å²) < 4.78 is 12.7. The molecule has 2 heterocycles. The van der Waals surface area contributed by atoms with Gasteiger partial charge in [-0.1, -0.05) is 37.3 Å². The molecule has 0 radical (unpaired) electrons. The van der Waals surface area contributed by atoms with Crippen LogP contribution in [0.5, 0.6) is 0 Å². The molecule has 2 aromatic heterocycles. The van der Waals surface area contributed by atoms with Crippen LogP contribution >= 0.6 is 22.7 Å². The smallest absolute Gasteiger partial charge is 0.123 e. The Labute approximate surface area is 173 Å². The van der Waals surface area contributed by atoms with E-state index in [4.69, 9.17) is 0 Å². The maximum Gasteiger partial charge on any atom is 0.123 e. The van der Waals surface area contributed by atoms with Crippen LogP contribution in [0.2, 0.25) is 0 Å². The summed E-state index contributed by atoms with van der Waals surface area (Å²) in [5, 5.41) is 2.10. The Morgan fingerprint density at radius 3 is 1.86 bits per heavy atom.